The molecule has 7 aromatic rings. The fourth-order valence-electron chi connectivity index (χ4n) is 4.36. The molecule has 0 aliphatic rings. The Hall–Kier alpha value is -4.52. The molecule has 0 saturated heterocycles. The van der Waals surface area contributed by atoms with E-state index in [0.29, 0.717) is 11.1 Å². The lowest BCUT2D eigenvalue weighted by Crippen LogP contribution is -2.05. The molecule has 0 N–H and O–H groups in total. The van der Waals surface area contributed by atoms with Gasteiger partial charge in [-0.25, -0.2) is 9.98 Å². The Kier molecular flexibility index (Phi) is 5.81. The van der Waals surface area contributed by atoms with E-state index in [4.69, 9.17) is 18.8 Å². The van der Waals surface area contributed by atoms with E-state index in [-0.39, 0.29) is 0 Å². The maximum Gasteiger partial charge on any atom is 0.228 e. The number of hydrogen-bond acceptors (Lipinski definition) is 6. The van der Waals surface area contributed by atoms with E-state index in [0.717, 1.165) is 54.2 Å². The first-order chi connectivity index (χ1) is 18.8. The molecule has 0 radical (unpaired) electrons. The molecule has 182 valence electrons. The second-order valence-electron chi connectivity index (χ2n) is 8.70. The highest BCUT2D eigenvalue weighted by Gasteiger charge is 2.09. The number of benzene rings is 3. The molecule has 0 bridgehead atoms. The first-order valence-corrected chi connectivity index (χ1v) is 13.9. The lowest BCUT2D eigenvalue weighted by atomic mass is 10.1. The van der Waals surface area contributed by atoms with Crippen LogP contribution in [0.3, 0.4) is 0 Å². The first-order valence-electron chi connectivity index (χ1n) is 12.1. The number of hydrogen-bond donors (Lipinski definition) is 0. The summed E-state index contributed by atoms with van der Waals surface area (Å²) < 4.78 is 12.5. The molecule has 4 aromatic heterocycles. The highest BCUT2D eigenvalue weighted by molar-refractivity contribution is 7.13. The molecule has 0 spiro atoms. The molecule has 38 heavy (non-hydrogen) atoms. The van der Waals surface area contributed by atoms with Crippen LogP contribution in [0.5, 0.6) is 0 Å². The summed E-state index contributed by atoms with van der Waals surface area (Å²) in [5, 5.41) is 6.22. The number of fused-ring (bicyclic) bond motifs is 2. The van der Waals surface area contributed by atoms with Gasteiger partial charge in [0.05, 0.1) is 22.5 Å². The van der Waals surface area contributed by atoms with Crippen LogP contribution in [0.4, 0.5) is 11.4 Å². The Morgan fingerprint density at radius 1 is 0.474 bits per heavy atom. The minimum atomic E-state index is 0.584. The van der Waals surface area contributed by atoms with Crippen molar-refractivity contribution in [3.63, 3.8) is 0 Å². The molecular formula is C32H20N2O2S2. The lowest BCUT2D eigenvalue weighted by Gasteiger charge is -2.04. The lowest BCUT2D eigenvalue weighted by molar-refractivity contribution is 0.547. The Labute approximate surface area is 226 Å². The Balaban J connectivity index is 1.33. The zero-order valence-electron chi connectivity index (χ0n) is 20.1. The summed E-state index contributed by atoms with van der Waals surface area (Å²) in [4.78, 5) is 12.0. The SMILES string of the molecule is c1csc(-c2cc3ccccc3oc2=Nc2ccc(N=c3oc4ccccc4cc3-c3cccs3)cc2)c1. The van der Waals surface area contributed by atoms with E-state index in [9.17, 15) is 0 Å². The van der Waals surface area contributed by atoms with Crippen molar-refractivity contribution in [2.75, 3.05) is 0 Å². The fraction of sp³-hybridized carbons (Fsp3) is 0. The molecular weight excluding hydrogens is 508 g/mol. The van der Waals surface area contributed by atoms with Gasteiger partial charge in [0.1, 0.15) is 11.2 Å². The van der Waals surface area contributed by atoms with Gasteiger partial charge < -0.3 is 8.83 Å². The average Bonchev–Trinajstić information content (AvgIpc) is 3.69. The third kappa shape index (κ3) is 4.41. The van der Waals surface area contributed by atoms with Gasteiger partial charge >= 0.3 is 0 Å². The molecule has 3 aromatic carbocycles. The molecule has 0 amide bonds. The largest absolute Gasteiger partial charge is 0.438 e. The summed E-state index contributed by atoms with van der Waals surface area (Å²) in [6.07, 6.45) is 0. The van der Waals surface area contributed by atoms with Crippen molar-refractivity contribution >= 4 is 56.0 Å². The van der Waals surface area contributed by atoms with E-state index in [1.807, 2.05) is 72.8 Å². The zero-order valence-corrected chi connectivity index (χ0v) is 21.7. The van der Waals surface area contributed by atoms with Crippen LogP contribution in [0.2, 0.25) is 0 Å². The summed E-state index contributed by atoms with van der Waals surface area (Å²) in [6, 6.07) is 36.3. The molecule has 0 aliphatic carbocycles. The van der Waals surface area contributed by atoms with Gasteiger partial charge in [-0.3, -0.25) is 0 Å². The Morgan fingerprint density at radius 3 is 1.34 bits per heavy atom. The van der Waals surface area contributed by atoms with E-state index < -0.39 is 0 Å². The minimum Gasteiger partial charge on any atom is -0.438 e. The van der Waals surface area contributed by atoms with Crippen molar-refractivity contribution < 1.29 is 8.83 Å². The average molecular weight is 529 g/mol. The van der Waals surface area contributed by atoms with Gasteiger partial charge in [0, 0.05) is 20.5 Å². The van der Waals surface area contributed by atoms with Gasteiger partial charge in [-0.1, -0.05) is 48.5 Å². The number of rotatable bonds is 4. The molecule has 0 saturated carbocycles. The molecule has 0 atom stereocenters. The van der Waals surface area contributed by atoms with E-state index in [1.165, 1.54) is 0 Å². The predicted octanol–water partition coefficient (Wildman–Crippen LogP) is 9.10. The van der Waals surface area contributed by atoms with Gasteiger partial charge in [-0.15, -0.1) is 22.7 Å². The van der Waals surface area contributed by atoms with Crippen molar-refractivity contribution in [2.45, 2.75) is 0 Å². The normalized spacial score (nSPS) is 12.5. The summed E-state index contributed by atoms with van der Waals surface area (Å²) in [5.74, 6) is 0. The van der Waals surface area contributed by atoms with Crippen LogP contribution in [0.15, 0.2) is 139 Å². The molecule has 7 rings (SSSR count). The monoisotopic (exact) mass is 528 g/mol. The summed E-state index contributed by atoms with van der Waals surface area (Å²) in [6.45, 7) is 0. The predicted molar refractivity (Wildman–Crippen MR) is 156 cm³/mol. The van der Waals surface area contributed by atoms with Gasteiger partial charge in [0.15, 0.2) is 0 Å². The van der Waals surface area contributed by atoms with Crippen molar-refractivity contribution in [1.82, 2.24) is 0 Å². The second-order valence-corrected chi connectivity index (χ2v) is 10.6. The summed E-state index contributed by atoms with van der Waals surface area (Å²) in [5.41, 5.74) is 6.30. The number of nitrogens with zero attached hydrogens (tertiary/aromatic N) is 2. The number of para-hydroxylation sites is 2. The second kappa shape index (κ2) is 9.74. The molecule has 0 fully saturated rings. The maximum absolute atomic E-state index is 6.25. The van der Waals surface area contributed by atoms with Crippen molar-refractivity contribution in [3.05, 3.63) is 131 Å². The fourth-order valence-corrected chi connectivity index (χ4v) is 5.83. The van der Waals surface area contributed by atoms with Gasteiger partial charge in [-0.2, -0.15) is 0 Å². The smallest absolute Gasteiger partial charge is 0.228 e. The topological polar surface area (TPSA) is 51.0 Å². The van der Waals surface area contributed by atoms with Crippen LogP contribution >= 0.6 is 22.7 Å². The van der Waals surface area contributed by atoms with Crippen LogP contribution in [0.1, 0.15) is 0 Å². The van der Waals surface area contributed by atoms with Crippen molar-refractivity contribution in [2.24, 2.45) is 9.98 Å². The van der Waals surface area contributed by atoms with Gasteiger partial charge in [0.2, 0.25) is 11.1 Å². The Bertz CT molecular complexity index is 1870. The zero-order chi connectivity index (χ0) is 25.3. The van der Waals surface area contributed by atoms with E-state index in [2.05, 4.69) is 47.2 Å². The summed E-state index contributed by atoms with van der Waals surface area (Å²) >= 11 is 3.34. The molecule has 0 unspecified atom stereocenters. The standard InChI is InChI=1S/C32H20N2O2S2/c1-3-9-27-21(7-1)19-25(29-11-5-17-37-29)31(35-27)33-23-13-15-24(16-14-23)34-32-26(30-12-6-18-38-30)20-22-8-2-4-10-28(22)36-32/h1-20H. The number of thiophene rings is 2. The molecule has 4 heterocycles. The minimum absolute atomic E-state index is 0.584. The summed E-state index contributed by atoms with van der Waals surface area (Å²) in [7, 11) is 0. The van der Waals surface area contributed by atoms with Gasteiger partial charge in [-0.05, 0) is 71.4 Å². The Morgan fingerprint density at radius 2 is 0.921 bits per heavy atom. The van der Waals surface area contributed by atoms with Crippen LogP contribution < -0.4 is 11.1 Å². The van der Waals surface area contributed by atoms with Crippen LogP contribution in [-0.2, 0) is 0 Å². The molecule has 0 aliphatic heterocycles. The van der Waals surface area contributed by atoms with Crippen LogP contribution in [0.25, 0.3) is 42.8 Å². The van der Waals surface area contributed by atoms with Crippen molar-refractivity contribution in [3.8, 4) is 20.9 Å². The van der Waals surface area contributed by atoms with E-state index in [1.54, 1.807) is 22.7 Å². The molecule has 4 nitrogen and oxygen atoms in total. The maximum atomic E-state index is 6.25. The first kappa shape index (κ1) is 22.7. The highest BCUT2D eigenvalue weighted by atomic mass is 32.1. The quantitative estimate of drug-likeness (QED) is 0.229. The van der Waals surface area contributed by atoms with Crippen LogP contribution in [0, 0.1) is 0 Å². The van der Waals surface area contributed by atoms with Crippen molar-refractivity contribution in [1.29, 1.82) is 0 Å². The molecule has 6 heteroatoms. The van der Waals surface area contributed by atoms with Gasteiger partial charge in [0.25, 0.3) is 0 Å². The van der Waals surface area contributed by atoms with E-state index >= 15 is 0 Å². The highest BCUT2D eigenvalue weighted by Crippen LogP contribution is 2.28. The third-order valence-corrected chi connectivity index (χ3v) is 8.00. The van der Waals surface area contributed by atoms with Crippen LogP contribution in [-0.4, -0.2) is 0 Å². The third-order valence-electron chi connectivity index (χ3n) is 6.20.